The summed E-state index contributed by atoms with van der Waals surface area (Å²) in [5.41, 5.74) is 25.0. The van der Waals surface area contributed by atoms with Gasteiger partial charge in [0.2, 0.25) is 0 Å². The van der Waals surface area contributed by atoms with Gasteiger partial charge in [-0.25, -0.2) is 4.39 Å². The predicted octanol–water partition coefficient (Wildman–Crippen LogP) is 18.6. The molecular weight excluding hydrogens is 916 g/mol. The molecule has 0 saturated carbocycles. The van der Waals surface area contributed by atoms with Crippen molar-refractivity contribution in [3.63, 3.8) is 0 Å². The third-order valence-electron chi connectivity index (χ3n) is 15.4. The lowest BCUT2D eigenvalue weighted by Gasteiger charge is -2.21. The third kappa shape index (κ3) is 7.88. The smallest absolute Gasteiger partial charge is 0.132 e. The highest BCUT2D eigenvalue weighted by molar-refractivity contribution is 6.14. The van der Waals surface area contributed by atoms with E-state index in [1.165, 1.54) is 50.6 Å². The van der Waals surface area contributed by atoms with Crippen LogP contribution in [0.5, 0.6) is 0 Å². The van der Waals surface area contributed by atoms with Crippen molar-refractivity contribution in [2.75, 3.05) is 0 Å². The highest BCUT2D eigenvalue weighted by atomic mass is 19.1. The molecule has 75 heavy (non-hydrogen) atoms. The van der Waals surface area contributed by atoms with E-state index < -0.39 is 5.82 Å². The maximum Gasteiger partial charge on any atom is 0.132 e. The van der Waals surface area contributed by atoms with E-state index in [1.54, 1.807) is 12.1 Å². The first-order chi connectivity index (χ1) is 36.3. The predicted molar refractivity (Wildman–Crippen MR) is 310 cm³/mol. The van der Waals surface area contributed by atoms with E-state index in [-0.39, 0.29) is 5.56 Å². The minimum absolute atomic E-state index is 0.220. The molecule has 0 aliphatic carbocycles. The summed E-state index contributed by atoms with van der Waals surface area (Å²) in [6.45, 7) is 17.1. The molecule has 360 valence electrons. The van der Waals surface area contributed by atoms with Crippen LogP contribution in [0.4, 0.5) is 4.39 Å². The normalized spacial score (nSPS) is 11.5. The number of aromatic nitrogens is 2. The first-order valence-electron chi connectivity index (χ1n) is 25.5. The molecule has 0 aliphatic rings. The average Bonchev–Trinajstić information content (AvgIpc) is 3.90. The van der Waals surface area contributed by atoms with E-state index in [1.807, 2.05) is 12.1 Å². The molecule has 0 atom stereocenters. The van der Waals surface area contributed by atoms with Gasteiger partial charge in [0.15, 0.2) is 0 Å². The van der Waals surface area contributed by atoms with Gasteiger partial charge < -0.3 is 9.13 Å². The maximum absolute atomic E-state index is 17.4. The summed E-state index contributed by atoms with van der Waals surface area (Å²) in [5, 5.41) is 25.3. The van der Waals surface area contributed by atoms with Crippen LogP contribution in [0.2, 0.25) is 0 Å². The van der Waals surface area contributed by atoms with E-state index >= 15 is 4.39 Å². The Labute approximate surface area is 437 Å². The van der Waals surface area contributed by atoms with Gasteiger partial charge in [-0.15, -0.1) is 0 Å². The zero-order chi connectivity index (χ0) is 52.0. The van der Waals surface area contributed by atoms with Gasteiger partial charge in [-0.3, -0.25) is 0 Å². The van der Waals surface area contributed by atoms with Crippen LogP contribution in [-0.4, -0.2) is 9.13 Å². The highest BCUT2D eigenvalue weighted by Gasteiger charge is 2.26. The van der Waals surface area contributed by atoms with Gasteiger partial charge in [0.1, 0.15) is 5.82 Å². The second kappa shape index (κ2) is 18.0. The molecular formula is C70H53FN4. The summed E-state index contributed by atoms with van der Waals surface area (Å²) in [7, 11) is 0. The third-order valence-corrected chi connectivity index (χ3v) is 15.4. The fourth-order valence-corrected chi connectivity index (χ4v) is 11.9. The van der Waals surface area contributed by atoms with Gasteiger partial charge in [-0.05, 0) is 201 Å². The number of nitriles is 2. The van der Waals surface area contributed by atoms with Crippen molar-refractivity contribution in [3.05, 3.63) is 237 Å². The summed E-state index contributed by atoms with van der Waals surface area (Å²) in [4.78, 5) is 0. The Balaban J connectivity index is 1.21. The Morgan fingerprint density at radius 3 is 0.907 bits per heavy atom. The molecule has 4 nitrogen and oxygen atoms in total. The number of hydrogen-bond acceptors (Lipinski definition) is 2. The van der Waals surface area contributed by atoms with Crippen molar-refractivity contribution in [2.45, 2.75) is 55.4 Å². The topological polar surface area (TPSA) is 57.4 Å². The van der Waals surface area contributed by atoms with Crippen LogP contribution < -0.4 is 0 Å². The molecule has 10 aromatic carbocycles. The van der Waals surface area contributed by atoms with Gasteiger partial charge >= 0.3 is 0 Å². The number of aryl methyl sites for hydroxylation is 8. The van der Waals surface area contributed by atoms with Crippen LogP contribution in [0.1, 0.15) is 55.6 Å². The van der Waals surface area contributed by atoms with Crippen LogP contribution in [0.3, 0.4) is 0 Å². The number of rotatable bonds is 7. The number of fused-ring (bicyclic) bond motifs is 6. The van der Waals surface area contributed by atoms with Crippen molar-refractivity contribution in [1.82, 2.24) is 9.13 Å². The molecule has 12 rings (SSSR count). The Bertz CT molecular complexity index is 4020. The van der Waals surface area contributed by atoms with E-state index in [0.29, 0.717) is 28.1 Å². The molecule has 0 N–H and O–H groups in total. The summed E-state index contributed by atoms with van der Waals surface area (Å²) < 4.78 is 21.8. The Morgan fingerprint density at radius 1 is 0.320 bits per heavy atom. The first kappa shape index (κ1) is 46.8. The average molecular weight is 969 g/mol. The molecule has 0 fully saturated rings. The summed E-state index contributed by atoms with van der Waals surface area (Å²) in [6, 6.07) is 66.0. The van der Waals surface area contributed by atoms with E-state index in [0.717, 1.165) is 88.1 Å². The fraction of sp³-hybridized carbons (Fsp3) is 0.114. The Morgan fingerprint density at radius 2 is 0.627 bits per heavy atom. The lowest BCUT2D eigenvalue weighted by Crippen LogP contribution is -2.06. The van der Waals surface area contributed by atoms with Crippen LogP contribution in [0, 0.1) is 83.9 Å². The molecule has 0 spiro atoms. The number of nitrogens with zero attached hydrogens (tertiary/aromatic N) is 4. The lowest BCUT2D eigenvalue weighted by atomic mass is 9.95. The lowest BCUT2D eigenvalue weighted by molar-refractivity contribution is 0.630. The number of hydrogen-bond donors (Lipinski definition) is 0. The summed E-state index contributed by atoms with van der Waals surface area (Å²) >= 11 is 0. The highest BCUT2D eigenvalue weighted by Crippen LogP contribution is 2.46. The van der Waals surface area contributed by atoms with Crippen molar-refractivity contribution in [2.24, 2.45) is 0 Å². The quantitative estimate of drug-likeness (QED) is 0.160. The monoisotopic (exact) mass is 968 g/mol. The van der Waals surface area contributed by atoms with Gasteiger partial charge in [-0.1, -0.05) is 119 Å². The van der Waals surface area contributed by atoms with Gasteiger partial charge in [0.05, 0.1) is 56.7 Å². The van der Waals surface area contributed by atoms with Gasteiger partial charge in [0, 0.05) is 32.7 Å². The van der Waals surface area contributed by atoms with Crippen molar-refractivity contribution in [3.8, 4) is 79.1 Å². The second-order valence-corrected chi connectivity index (χ2v) is 20.7. The van der Waals surface area contributed by atoms with E-state index in [9.17, 15) is 10.5 Å². The molecule has 0 radical (unpaired) electrons. The van der Waals surface area contributed by atoms with Crippen LogP contribution in [-0.2, 0) is 0 Å². The van der Waals surface area contributed by atoms with Crippen molar-refractivity contribution < 1.29 is 4.39 Å². The zero-order valence-corrected chi connectivity index (χ0v) is 43.4. The molecule has 2 aromatic heterocycles. The standard InChI is InChI=1S/C70H53FN4/c1-40-9-18-54(44(5)27-40)50-14-23-64-59(34-50)60-35-51(55-19-10-41(2)28-45(55)6)15-24-65(60)74(64)68-32-49(39-73)33-69(70(68)58-22-13-48(38-72)31-63(58)71)75-66-25-16-52(56-20-11-42(3)29-46(56)7)36-61(66)62-37-53(17-26-67(62)75)57-21-12-43(4)30-47(57)8/h9-37H,1-8H3. The van der Waals surface area contributed by atoms with Gasteiger partial charge in [-0.2, -0.15) is 10.5 Å². The SMILES string of the molecule is Cc1ccc(-c2ccc3c(c2)c2cc(-c4ccc(C)cc4C)ccc2n3-c2cc(C#N)cc(-n3c4ccc(-c5ccc(C)cc5C)cc4c4cc(-c5ccc(C)cc5C)ccc43)c2-c2ccc(C#N)cc2F)c(C)c1. The fourth-order valence-electron chi connectivity index (χ4n) is 11.9. The first-order valence-corrected chi connectivity index (χ1v) is 25.5. The summed E-state index contributed by atoms with van der Waals surface area (Å²) in [6.07, 6.45) is 0. The number of halogens is 1. The molecule has 0 saturated heterocycles. The molecule has 5 heteroatoms. The van der Waals surface area contributed by atoms with Crippen molar-refractivity contribution in [1.29, 1.82) is 10.5 Å². The Kier molecular flexibility index (Phi) is 11.2. The minimum Gasteiger partial charge on any atom is -0.308 e. The summed E-state index contributed by atoms with van der Waals surface area (Å²) in [5.74, 6) is -0.536. The molecule has 12 aromatic rings. The molecule has 2 heterocycles. The van der Waals surface area contributed by atoms with Crippen molar-refractivity contribution >= 4 is 43.6 Å². The second-order valence-electron chi connectivity index (χ2n) is 20.7. The molecule has 0 amide bonds. The largest absolute Gasteiger partial charge is 0.308 e. The van der Waals surface area contributed by atoms with E-state index in [2.05, 4.69) is 222 Å². The Hall–Kier alpha value is -9.29. The maximum atomic E-state index is 17.4. The van der Waals surface area contributed by atoms with Crippen LogP contribution in [0.15, 0.2) is 176 Å². The molecule has 0 aliphatic heterocycles. The van der Waals surface area contributed by atoms with E-state index in [4.69, 9.17) is 0 Å². The molecule has 0 bridgehead atoms. The van der Waals surface area contributed by atoms with Crippen LogP contribution >= 0.6 is 0 Å². The molecule has 0 unspecified atom stereocenters. The minimum atomic E-state index is -0.536. The van der Waals surface area contributed by atoms with Crippen LogP contribution in [0.25, 0.3) is 111 Å². The number of benzene rings is 10. The zero-order valence-electron chi connectivity index (χ0n) is 43.4. The van der Waals surface area contributed by atoms with Gasteiger partial charge in [0.25, 0.3) is 0 Å².